The first-order chi connectivity index (χ1) is 14.3. The van der Waals surface area contributed by atoms with Crippen LogP contribution >= 0.6 is 0 Å². The Morgan fingerprint density at radius 2 is 1.57 bits per heavy atom. The number of rotatable bonds is 16. The second-order valence-corrected chi connectivity index (χ2v) is 6.50. The van der Waals surface area contributed by atoms with E-state index < -0.39 is 43.4 Å². The van der Waals surface area contributed by atoms with Crippen molar-refractivity contribution in [3.8, 4) is 0 Å². The summed E-state index contributed by atoms with van der Waals surface area (Å²) in [6.45, 7) is -0.646. The number of aliphatic hydroxyl groups excluding tert-OH is 6. The highest BCUT2D eigenvalue weighted by Gasteiger charge is 2.45. The third kappa shape index (κ3) is 7.74. The predicted molar refractivity (Wildman–Crippen MR) is 101 cm³/mol. The van der Waals surface area contributed by atoms with E-state index in [0.717, 1.165) is 0 Å². The molecule has 1 rings (SSSR count). The minimum Gasteiger partial charge on any atom is -0.394 e. The van der Waals surface area contributed by atoms with Crippen molar-refractivity contribution in [3.63, 3.8) is 0 Å². The first kappa shape index (κ1) is 26.7. The lowest BCUT2D eigenvalue weighted by Gasteiger charge is -2.36. The summed E-state index contributed by atoms with van der Waals surface area (Å²) in [5, 5.41) is 67.4. The fraction of sp³-hybridized carbons (Fsp3) is 0.778. The van der Waals surface area contributed by atoms with E-state index in [9.17, 15) is 20.4 Å². The van der Waals surface area contributed by atoms with E-state index in [0.29, 0.717) is 5.69 Å². The highest BCUT2D eigenvalue weighted by Crippen LogP contribution is 2.29. The zero-order valence-corrected chi connectivity index (χ0v) is 16.9. The Morgan fingerprint density at radius 1 is 0.933 bits per heavy atom. The Balaban J connectivity index is 3.02. The monoisotopic (exact) mass is 436 g/mol. The van der Waals surface area contributed by atoms with Gasteiger partial charge in [-0.1, -0.05) is 0 Å². The molecule has 0 saturated carbocycles. The molecule has 1 aromatic rings. The minimum atomic E-state index is -2.27. The molecule has 30 heavy (non-hydrogen) atoms. The number of hydrogen-bond acceptors (Lipinski definition) is 12. The number of aromatic nitrogens is 2. The molecular formula is C18H32N2O10. The standard InChI is InChI=1S/C18H32N2O10/c1-12(25)17(29-6-3-22)18(27,30-7-4-23)16-10-19-13(9-20-16)8-14(26)15(11-24)28-5-2-21/h9-10,12,14-15,17,21-27H,2-8,11H2,1H3/t12-,14-,15+,17+,18?/m0/s1. The lowest BCUT2D eigenvalue weighted by atomic mass is 10.0. The molecule has 12 nitrogen and oxygen atoms in total. The SMILES string of the molecule is C[C@H](O)[C@@H](OCCO)C(O)(OCCO)c1cnc(C[C@H](O)[C@@H](CO)OCCO)cn1. The van der Waals surface area contributed by atoms with Gasteiger partial charge in [0.1, 0.15) is 17.9 Å². The van der Waals surface area contributed by atoms with Crippen molar-refractivity contribution in [1.82, 2.24) is 9.97 Å². The molecule has 1 aromatic heterocycles. The highest BCUT2D eigenvalue weighted by atomic mass is 16.7. The van der Waals surface area contributed by atoms with Gasteiger partial charge in [0.25, 0.3) is 0 Å². The molecule has 0 saturated heterocycles. The molecule has 0 bridgehead atoms. The van der Waals surface area contributed by atoms with Crippen LogP contribution in [0.4, 0.5) is 0 Å². The molecule has 0 aromatic carbocycles. The fourth-order valence-corrected chi connectivity index (χ4v) is 2.74. The van der Waals surface area contributed by atoms with Crippen molar-refractivity contribution in [2.75, 3.05) is 46.2 Å². The summed E-state index contributed by atoms with van der Waals surface area (Å²) in [4.78, 5) is 8.20. The van der Waals surface area contributed by atoms with Gasteiger partial charge in [-0.3, -0.25) is 9.97 Å². The summed E-state index contributed by atoms with van der Waals surface area (Å²) in [6, 6.07) is 0. The summed E-state index contributed by atoms with van der Waals surface area (Å²) < 4.78 is 15.8. The van der Waals surface area contributed by atoms with Crippen LogP contribution in [-0.2, 0) is 26.4 Å². The van der Waals surface area contributed by atoms with Crippen molar-refractivity contribution in [2.24, 2.45) is 0 Å². The molecule has 0 aliphatic heterocycles. The fourth-order valence-electron chi connectivity index (χ4n) is 2.74. The normalized spacial score (nSPS) is 17.9. The zero-order chi connectivity index (χ0) is 22.6. The summed E-state index contributed by atoms with van der Waals surface area (Å²) >= 11 is 0. The molecule has 174 valence electrons. The molecule has 1 unspecified atom stereocenters. The lowest BCUT2D eigenvalue weighted by Crippen LogP contribution is -2.50. The predicted octanol–water partition coefficient (Wildman–Crippen LogP) is -3.34. The van der Waals surface area contributed by atoms with Gasteiger partial charge in [0.2, 0.25) is 5.79 Å². The molecule has 0 radical (unpaired) electrons. The quantitative estimate of drug-likeness (QED) is 0.127. The Bertz CT molecular complexity index is 577. The van der Waals surface area contributed by atoms with Gasteiger partial charge in [0.05, 0.1) is 70.3 Å². The Labute approximate surface area is 174 Å². The second-order valence-electron chi connectivity index (χ2n) is 6.50. The van der Waals surface area contributed by atoms with Gasteiger partial charge in [-0.2, -0.15) is 0 Å². The van der Waals surface area contributed by atoms with Gasteiger partial charge in [-0.15, -0.1) is 0 Å². The molecular weight excluding hydrogens is 404 g/mol. The van der Waals surface area contributed by atoms with Crippen LogP contribution < -0.4 is 0 Å². The molecule has 7 N–H and O–H groups in total. The third-order valence-corrected chi connectivity index (χ3v) is 4.15. The van der Waals surface area contributed by atoms with Gasteiger partial charge < -0.3 is 50.0 Å². The van der Waals surface area contributed by atoms with Crippen molar-refractivity contribution < 1.29 is 50.0 Å². The molecule has 5 atom stereocenters. The molecule has 12 heteroatoms. The van der Waals surface area contributed by atoms with Gasteiger partial charge in [-0.05, 0) is 6.92 Å². The summed E-state index contributed by atoms with van der Waals surface area (Å²) in [5.41, 5.74) is 0.194. The van der Waals surface area contributed by atoms with E-state index in [1.54, 1.807) is 0 Å². The van der Waals surface area contributed by atoms with Crippen LogP contribution in [0.3, 0.4) is 0 Å². The Kier molecular flexibility index (Phi) is 12.4. The maximum absolute atomic E-state index is 11.0. The van der Waals surface area contributed by atoms with Crippen LogP contribution in [0.15, 0.2) is 12.4 Å². The van der Waals surface area contributed by atoms with E-state index in [-0.39, 0.29) is 45.1 Å². The van der Waals surface area contributed by atoms with E-state index in [4.69, 9.17) is 29.5 Å². The van der Waals surface area contributed by atoms with Crippen LogP contribution in [-0.4, -0.2) is 116 Å². The van der Waals surface area contributed by atoms with Gasteiger partial charge in [0.15, 0.2) is 0 Å². The van der Waals surface area contributed by atoms with Crippen LogP contribution in [0.2, 0.25) is 0 Å². The molecule has 0 fully saturated rings. The topological polar surface area (TPSA) is 195 Å². The van der Waals surface area contributed by atoms with Crippen LogP contribution in [0, 0.1) is 0 Å². The van der Waals surface area contributed by atoms with Crippen LogP contribution in [0.1, 0.15) is 18.3 Å². The third-order valence-electron chi connectivity index (χ3n) is 4.15. The second kappa shape index (κ2) is 13.9. The van der Waals surface area contributed by atoms with Crippen LogP contribution in [0.5, 0.6) is 0 Å². The first-order valence-electron chi connectivity index (χ1n) is 9.54. The molecule has 0 aliphatic rings. The van der Waals surface area contributed by atoms with Gasteiger partial charge in [-0.25, -0.2) is 0 Å². The minimum absolute atomic E-state index is 0.0271. The number of hydrogen-bond donors (Lipinski definition) is 7. The Morgan fingerprint density at radius 3 is 2.07 bits per heavy atom. The van der Waals surface area contributed by atoms with E-state index >= 15 is 0 Å². The van der Waals surface area contributed by atoms with Crippen molar-refractivity contribution >= 4 is 0 Å². The van der Waals surface area contributed by atoms with Crippen molar-refractivity contribution in [2.45, 2.75) is 43.5 Å². The summed E-state index contributed by atoms with van der Waals surface area (Å²) in [5.74, 6) is -2.27. The molecule has 1 heterocycles. The van der Waals surface area contributed by atoms with Gasteiger partial charge >= 0.3 is 0 Å². The lowest BCUT2D eigenvalue weighted by molar-refractivity contribution is -0.298. The largest absolute Gasteiger partial charge is 0.394 e. The number of nitrogens with zero attached hydrogens (tertiary/aromatic N) is 2. The first-order valence-corrected chi connectivity index (χ1v) is 9.54. The summed E-state index contributed by atoms with van der Waals surface area (Å²) in [7, 11) is 0. The highest BCUT2D eigenvalue weighted by molar-refractivity contribution is 5.12. The van der Waals surface area contributed by atoms with Gasteiger partial charge in [0, 0.05) is 12.6 Å². The average molecular weight is 436 g/mol. The van der Waals surface area contributed by atoms with Crippen molar-refractivity contribution in [3.05, 3.63) is 23.8 Å². The summed E-state index contributed by atoms with van der Waals surface area (Å²) in [6.07, 6.45) is -2.21. The number of ether oxygens (including phenoxy) is 3. The average Bonchev–Trinajstić information content (AvgIpc) is 2.73. The molecule has 0 aliphatic carbocycles. The smallest absolute Gasteiger partial charge is 0.241 e. The maximum atomic E-state index is 11.0. The van der Waals surface area contributed by atoms with Crippen molar-refractivity contribution in [1.29, 1.82) is 0 Å². The molecule has 0 spiro atoms. The van der Waals surface area contributed by atoms with E-state index in [1.165, 1.54) is 19.3 Å². The Hall–Kier alpha value is -1.32. The van der Waals surface area contributed by atoms with E-state index in [1.807, 2.05) is 0 Å². The van der Waals surface area contributed by atoms with E-state index in [2.05, 4.69) is 9.97 Å². The van der Waals surface area contributed by atoms with Crippen LogP contribution in [0.25, 0.3) is 0 Å². The maximum Gasteiger partial charge on any atom is 0.241 e. The number of aliphatic hydroxyl groups is 7. The zero-order valence-electron chi connectivity index (χ0n) is 16.9. The molecule has 0 amide bonds.